The van der Waals surface area contributed by atoms with Gasteiger partial charge in [-0.25, -0.2) is 4.79 Å². The first kappa shape index (κ1) is 14.7. The average Bonchev–Trinajstić information content (AvgIpc) is 2.39. The van der Waals surface area contributed by atoms with Crippen LogP contribution in [-0.4, -0.2) is 38.3 Å². The van der Waals surface area contributed by atoms with E-state index in [4.69, 9.17) is 15.2 Å². The molecule has 0 atom stereocenters. The maximum Gasteiger partial charge on any atom is 0.338 e. The van der Waals surface area contributed by atoms with Gasteiger partial charge in [-0.3, -0.25) is 10.1 Å². The van der Waals surface area contributed by atoms with Gasteiger partial charge in [0, 0.05) is 13.2 Å². The van der Waals surface area contributed by atoms with E-state index in [0.29, 0.717) is 0 Å². The Morgan fingerprint density at radius 2 is 2.05 bits per heavy atom. The van der Waals surface area contributed by atoms with Crippen LogP contribution in [-0.2, 0) is 9.47 Å². The summed E-state index contributed by atoms with van der Waals surface area (Å²) in [6.45, 7) is 0.443. The van der Waals surface area contributed by atoms with Gasteiger partial charge in [0.25, 0.3) is 5.69 Å². The molecule has 19 heavy (non-hydrogen) atoms. The van der Waals surface area contributed by atoms with Crippen LogP contribution in [0.5, 0.6) is 5.75 Å². The summed E-state index contributed by atoms with van der Waals surface area (Å²) >= 11 is 0. The number of carbonyl (C=O) groups excluding carboxylic acids is 1. The van der Waals surface area contributed by atoms with Crippen molar-refractivity contribution < 1.29 is 23.9 Å². The second kappa shape index (κ2) is 6.55. The number of carbonyl (C=O) groups is 1. The molecule has 1 aromatic carbocycles. The van der Waals surface area contributed by atoms with Crippen LogP contribution in [0.2, 0.25) is 0 Å². The van der Waals surface area contributed by atoms with Crippen molar-refractivity contribution in [2.24, 2.45) is 0 Å². The van der Waals surface area contributed by atoms with Gasteiger partial charge in [-0.2, -0.15) is 0 Å². The summed E-state index contributed by atoms with van der Waals surface area (Å²) in [5, 5.41) is 10.9. The van der Waals surface area contributed by atoms with E-state index in [1.54, 1.807) is 0 Å². The van der Waals surface area contributed by atoms with Gasteiger partial charge in [-0.15, -0.1) is 0 Å². The molecule has 0 saturated heterocycles. The predicted octanol–water partition coefficient (Wildman–Crippen LogP) is 0.989. The molecule has 0 radical (unpaired) electrons. The predicted molar refractivity (Wildman–Crippen MR) is 66.2 cm³/mol. The lowest BCUT2D eigenvalue weighted by Crippen LogP contribution is -2.09. The van der Waals surface area contributed by atoms with Gasteiger partial charge in [0.1, 0.15) is 12.4 Å². The van der Waals surface area contributed by atoms with E-state index < -0.39 is 16.6 Å². The third kappa shape index (κ3) is 3.55. The normalized spacial score (nSPS) is 10.0. The summed E-state index contributed by atoms with van der Waals surface area (Å²) in [5.41, 5.74) is 5.06. The van der Waals surface area contributed by atoms with Crippen molar-refractivity contribution in [3.05, 3.63) is 27.8 Å². The second-order valence-electron chi connectivity index (χ2n) is 3.50. The molecular formula is C11H14N2O6. The lowest BCUT2D eigenvalue weighted by molar-refractivity contribution is -0.384. The number of methoxy groups -OCH3 is 2. The van der Waals surface area contributed by atoms with Crippen LogP contribution in [0.15, 0.2) is 12.1 Å². The van der Waals surface area contributed by atoms with Crippen LogP contribution < -0.4 is 10.5 Å². The summed E-state index contributed by atoms with van der Waals surface area (Å²) in [4.78, 5) is 21.6. The van der Waals surface area contributed by atoms with Crippen molar-refractivity contribution in [2.75, 3.05) is 33.2 Å². The number of ether oxygens (including phenoxy) is 3. The Labute approximate surface area is 109 Å². The number of anilines is 1. The molecule has 104 valence electrons. The zero-order valence-corrected chi connectivity index (χ0v) is 10.5. The molecule has 1 aromatic rings. The summed E-state index contributed by atoms with van der Waals surface area (Å²) in [6, 6.07) is 2.34. The summed E-state index contributed by atoms with van der Waals surface area (Å²) in [5.74, 6) is -0.661. The van der Waals surface area contributed by atoms with Crippen molar-refractivity contribution >= 4 is 17.3 Å². The molecule has 8 heteroatoms. The maximum absolute atomic E-state index is 11.4. The molecule has 0 fully saturated rings. The van der Waals surface area contributed by atoms with Gasteiger partial charge >= 0.3 is 5.97 Å². The lowest BCUT2D eigenvalue weighted by atomic mass is 10.1. The first-order valence-electron chi connectivity index (χ1n) is 5.29. The van der Waals surface area contributed by atoms with Crippen LogP contribution in [0.1, 0.15) is 10.4 Å². The fourth-order valence-electron chi connectivity index (χ4n) is 1.35. The molecule has 0 unspecified atom stereocenters. The second-order valence-corrected chi connectivity index (χ2v) is 3.50. The monoisotopic (exact) mass is 270 g/mol. The Morgan fingerprint density at radius 1 is 1.37 bits per heavy atom. The van der Waals surface area contributed by atoms with E-state index in [9.17, 15) is 14.9 Å². The van der Waals surface area contributed by atoms with E-state index in [2.05, 4.69) is 4.74 Å². The molecule has 2 N–H and O–H groups in total. The zero-order valence-electron chi connectivity index (χ0n) is 10.5. The molecule has 0 aliphatic rings. The SMILES string of the molecule is COCCOc1cc(C(=O)OC)cc([N+](=O)[O-])c1N. The Bertz CT molecular complexity index is 488. The number of rotatable bonds is 6. The van der Waals surface area contributed by atoms with Gasteiger partial charge in [0.2, 0.25) is 0 Å². The van der Waals surface area contributed by atoms with Crippen molar-refractivity contribution in [1.29, 1.82) is 0 Å². The molecule has 8 nitrogen and oxygen atoms in total. The first-order chi connectivity index (χ1) is 9.01. The third-order valence-corrected chi connectivity index (χ3v) is 2.28. The van der Waals surface area contributed by atoms with Crippen molar-refractivity contribution in [1.82, 2.24) is 0 Å². The van der Waals surface area contributed by atoms with E-state index in [1.807, 2.05) is 0 Å². The average molecular weight is 270 g/mol. The number of hydrogen-bond acceptors (Lipinski definition) is 7. The number of nitrogen functional groups attached to an aromatic ring is 1. The number of esters is 1. The molecule has 0 aliphatic carbocycles. The van der Waals surface area contributed by atoms with Crippen molar-refractivity contribution in [3.8, 4) is 5.75 Å². The number of nitrogens with two attached hydrogens (primary N) is 1. The van der Waals surface area contributed by atoms with Gasteiger partial charge in [-0.05, 0) is 6.07 Å². The van der Waals surface area contributed by atoms with Gasteiger partial charge in [0.15, 0.2) is 5.69 Å². The van der Waals surface area contributed by atoms with Crippen LogP contribution in [0.3, 0.4) is 0 Å². The fraction of sp³-hybridized carbons (Fsp3) is 0.364. The number of nitro groups is 1. The molecule has 0 amide bonds. The maximum atomic E-state index is 11.4. The van der Waals surface area contributed by atoms with E-state index >= 15 is 0 Å². The molecule has 0 aromatic heterocycles. The van der Waals surface area contributed by atoms with E-state index in [0.717, 1.165) is 6.07 Å². The number of nitrogens with zero attached hydrogens (tertiary/aromatic N) is 1. The number of nitro benzene ring substituents is 1. The van der Waals surface area contributed by atoms with Crippen molar-refractivity contribution in [2.45, 2.75) is 0 Å². The topological polar surface area (TPSA) is 114 Å². The molecule has 0 bridgehead atoms. The summed E-state index contributed by atoms with van der Waals surface area (Å²) in [6.07, 6.45) is 0. The van der Waals surface area contributed by atoms with Gasteiger partial charge in [0.05, 0.1) is 24.2 Å². The Kier molecular flexibility index (Phi) is 5.07. The Morgan fingerprint density at radius 3 is 2.58 bits per heavy atom. The highest BCUT2D eigenvalue weighted by molar-refractivity contribution is 5.92. The highest BCUT2D eigenvalue weighted by Gasteiger charge is 2.21. The third-order valence-electron chi connectivity index (χ3n) is 2.28. The summed E-state index contributed by atoms with van der Waals surface area (Å²) < 4.78 is 14.5. The molecule has 0 spiro atoms. The first-order valence-corrected chi connectivity index (χ1v) is 5.29. The highest BCUT2D eigenvalue weighted by atomic mass is 16.6. The van der Waals surface area contributed by atoms with Crippen LogP contribution in [0, 0.1) is 10.1 Å². The molecule has 0 aliphatic heterocycles. The Hall–Kier alpha value is -2.35. The van der Waals surface area contributed by atoms with Crippen LogP contribution >= 0.6 is 0 Å². The highest BCUT2D eigenvalue weighted by Crippen LogP contribution is 2.33. The zero-order chi connectivity index (χ0) is 14.4. The van der Waals surface area contributed by atoms with Gasteiger partial charge in [-0.1, -0.05) is 0 Å². The van der Waals surface area contributed by atoms with E-state index in [1.165, 1.54) is 20.3 Å². The lowest BCUT2D eigenvalue weighted by Gasteiger charge is -2.10. The number of benzene rings is 1. The standard InChI is InChI=1S/C11H14N2O6/c1-17-3-4-19-9-6-7(11(14)18-2)5-8(10(9)12)13(15)16/h5-6H,3-4,12H2,1-2H3. The quantitative estimate of drug-likeness (QED) is 0.269. The minimum Gasteiger partial charge on any atom is -0.489 e. The molecule has 0 heterocycles. The van der Waals surface area contributed by atoms with Gasteiger partial charge < -0.3 is 19.9 Å². The largest absolute Gasteiger partial charge is 0.489 e. The minimum atomic E-state index is -0.709. The van der Waals surface area contributed by atoms with Crippen LogP contribution in [0.25, 0.3) is 0 Å². The number of hydrogen-bond donors (Lipinski definition) is 1. The van der Waals surface area contributed by atoms with Crippen molar-refractivity contribution in [3.63, 3.8) is 0 Å². The molecule has 0 saturated carbocycles. The van der Waals surface area contributed by atoms with Crippen LogP contribution in [0.4, 0.5) is 11.4 Å². The molecular weight excluding hydrogens is 256 g/mol. The van der Waals surface area contributed by atoms with E-state index in [-0.39, 0.29) is 30.2 Å². The molecule has 1 rings (SSSR count). The minimum absolute atomic E-state index is 0.00387. The Balaban J connectivity index is 3.16. The smallest absolute Gasteiger partial charge is 0.338 e. The summed E-state index contributed by atoms with van der Waals surface area (Å²) in [7, 11) is 2.66. The fourth-order valence-corrected chi connectivity index (χ4v) is 1.35.